The van der Waals surface area contributed by atoms with Gasteiger partial charge in [0.2, 0.25) is 0 Å². The Kier molecular flexibility index (Phi) is 5.33. The minimum Gasteiger partial charge on any atom is -0.396 e. The first-order chi connectivity index (χ1) is 12.1. The minimum atomic E-state index is -0.301. The lowest BCUT2D eigenvalue weighted by Gasteiger charge is -2.22. The summed E-state index contributed by atoms with van der Waals surface area (Å²) in [4.78, 5) is 14.4. The van der Waals surface area contributed by atoms with Crippen LogP contribution >= 0.6 is 0 Å². The number of urea groups is 1. The summed E-state index contributed by atoms with van der Waals surface area (Å²) in [6.45, 7) is 2.65. The van der Waals surface area contributed by atoms with Gasteiger partial charge < -0.3 is 10.0 Å². The molecule has 1 aliphatic rings. The van der Waals surface area contributed by atoms with Crippen molar-refractivity contribution < 1.29 is 14.3 Å². The summed E-state index contributed by atoms with van der Waals surface area (Å²) in [5, 5.41) is 16.2. The fourth-order valence-corrected chi connectivity index (χ4v) is 2.79. The van der Waals surface area contributed by atoms with E-state index in [0.717, 1.165) is 30.6 Å². The zero-order valence-electron chi connectivity index (χ0n) is 14.3. The minimum absolute atomic E-state index is 0.140. The van der Waals surface area contributed by atoms with E-state index in [1.165, 1.54) is 12.1 Å². The van der Waals surface area contributed by atoms with Crippen LogP contribution in [0.2, 0.25) is 0 Å². The lowest BCUT2D eigenvalue weighted by Crippen LogP contribution is -2.37. The summed E-state index contributed by atoms with van der Waals surface area (Å²) in [5.74, 6) is 0.171. The van der Waals surface area contributed by atoms with Crippen LogP contribution in [-0.2, 0) is 0 Å². The number of anilines is 1. The average molecular weight is 346 g/mol. The molecule has 1 heterocycles. The lowest BCUT2D eigenvalue weighted by molar-refractivity contribution is 0.204. The number of benzene rings is 1. The van der Waals surface area contributed by atoms with Crippen LogP contribution in [0.15, 0.2) is 30.3 Å². The number of aliphatic hydroxyl groups is 1. The summed E-state index contributed by atoms with van der Waals surface area (Å²) >= 11 is 0. The first-order valence-corrected chi connectivity index (χ1v) is 8.59. The van der Waals surface area contributed by atoms with Gasteiger partial charge >= 0.3 is 6.03 Å². The van der Waals surface area contributed by atoms with Crippen molar-refractivity contribution in [1.29, 1.82) is 0 Å². The molecule has 25 heavy (non-hydrogen) atoms. The van der Waals surface area contributed by atoms with Crippen LogP contribution in [0.25, 0.3) is 5.69 Å². The summed E-state index contributed by atoms with van der Waals surface area (Å²) in [6, 6.07) is 7.97. The van der Waals surface area contributed by atoms with Gasteiger partial charge in [-0.25, -0.2) is 13.9 Å². The van der Waals surface area contributed by atoms with Gasteiger partial charge in [0.25, 0.3) is 0 Å². The Labute approximate surface area is 146 Å². The molecule has 2 amide bonds. The van der Waals surface area contributed by atoms with E-state index in [0.29, 0.717) is 24.8 Å². The molecule has 6 nitrogen and oxygen atoms in total. The topological polar surface area (TPSA) is 70.4 Å². The molecule has 0 spiro atoms. The molecule has 1 saturated carbocycles. The van der Waals surface area contributed by atoms with E-state index in [4.69, 9.17) is 5.11 Å². The highest BCUT2D eigenvalue weighted by molar-refractivity contribution is 5.88. The molecule has 0 saturated heterocycles. The Morgan fingerprint density at radius 3 is 2.72 bits per heavy atom. The fraction of sp³-hybridized carbons (Fsp3) is 0.444. The van der Waals surface area contributed by atoms with E-state index in [9.17, 15) is 9.18 Å². The first kappa shape index (κ1) is 17.4. The highest BCUT2D eigenvalue weighted by Crippen LogP contribution is 2.28. The van der Waals surface area contributed by atoms with Crippen molar-refractivity contribution >= 4 is 11.8 Å². The number of nitrogens with one attached hydrogen (secondary N) is 1. The number of aryl methyl sites for hydroxylation is 1. The highest BCUT2D eigenvalue weighted by atomic mass is 19.1. The maximum absolute atomic E-state index is 13.1. The monoisotopic (exact) mass is 346 g/mol. The molecule has 0 unspecified atom stereocenters. The Morgan fingerprint density at radius 1 is 1.36 bits per heavy atom. The average Bonchev–Trinajstić information content (AvgIpc) is 3.36. The van der Waals surface area contributed by atoms with E-state index in [-0.39, 0.29) is 18.5 Å². The number of unbranched alkanes of at least 4 members (excludes halogenated alkanes) is 1. The van der Waals surface area contributed by atoms with Crippen LogP contribution in [0, 0.1) is 12.7 Å². The fourth-order valence-electron chi connectivity index (χ4n) is 2.79. The molecule has 7 heteroatoms. The van der Waals surface area contributed by atoms with Crippen LogP contribution in [0.3, 0.4) is 0 Å². The molecular formula is C18H23FN4O2. The molecule has 1 aliphatic carbocycles. The third kappa shape index (κ3) is 4.36. The molecular weight excluding hydrogens is 323 g/mol. The number of aromatic nitrogens is 2. The van der Waals surface area contributed by atoms with Crippen LogP contribution in [0.4, 0.5) is 15.0 Å². The third-order valence-corrected chi connectivity index (χ3v) is 4.25. The van der Waals surface area contributed by atoms with Gasteiger partial charge in [0, 0.05) is 31.0 Å². The smallest absolute Gasteiger partial charge is 0.323 e. The van der Waals surface area contributed by atoms with Crippen molar-refractivity contribution in [3.8, 4) is 5.69 Å². The van der Waals surface area contributed by atoms with Crippen molar-refractivity contribution in [1.82, 2.24) is 14.7 Å². The predicted octanol–water partition coefficient (Wildman–Crippen LogP) is 3.09. The quantitative estimate of drug-likeness (QED) is 0.757. The van der Waals surface area contributed by atoms with Crippen molar-refractivity contribution in [2.45, 2.75) is 38.6 Å². The van der Waals surface area contributed by atoms with Crippen molar-refractivity contribution in [3.05, 3.63) is 41.8 Å². The molecule has 1 aromatic heterocycles. The number of aliphatic hydroxyl groups excluding tert-OH is 1. The molecule has 1 fully saturated rings. The van der Waals surface area contributed by atoms with Gasteiger partial charge in [-0.2, -0.15) is 0 Å². The van der Waals surface area contributed by atoms with Crippen molar-refractivity contribution in [2.75, 3.05) is 18.5 Å². The van der Waals surface area contributed by atoms with E-state index in [1.54, 1.807) is 22.9 Å². The summed E-state index contributed by atoms with van der Waals surface area (Å²) < 4.78 is 14.7. The predicted molar refractivity (Wildman–Crippen MR) is 93.3 cm³/mol. The van der Waals surface area contributed by atoms with E-state index >= 15 is 0 Å². The number of halogens is 1. The number of nitrogens with zero attached hydrogens (tertiary/aromatic N) is 3. The molecule has 0 atom stereocenters. The second kappa shape index (κ2) is 7.65. The third-order valence-electron chi connectivity index (χ3n) is 4.25. The number of amides is 2. The molecule has 3 rings (SSSR count). The molecule has 134 valence electrons. The molecule has 0 aliphatic heterocycles. The van der Waals surface area contributed by atoms with Gasteiger partial charge in [0.15, 0.2) is 5.82 Å². The van der Waals surface area contributed by atoms with Gasteiger partial charge in [-0.05, 0) is 56.9 Å². The zero-order valence-corrected chi connectivity index (χ0v) is 14.3. The normalized spacial score (nSPS) is 13.7. The van der Waals surface area contributed by atoms with Crippen LogP contribution < -0.4 is 5.32 Å². The van der Waals surface area contributed by atoms with Crippen LogP contribution in [0.5, 0.6) is 0 Å². The number of rotatable bonds is 7. The summed E-state index contributed by atoms with van der Waals surface area (Å²) in [5.41, 5.74) is 1.58. The number of carbonyl (C=O) groups excluding carboxylic acids is 1. The largest absolute Gasteiger partial charge is 0.396 e. The van der Waals surface area contributed by atoms with Crippen molar-refractivity contribution in [2.24, 2.45) is 0 Å². The van der Waals surface area contributed by atoms with Crippen LogP contribution in [-0.4, -0.2) is 45.0 Å². The molecule has 0 bridgehead atoms. The van der Waals surface area contributed by atoms with Gasteiger partial charge in [-0.1, -0.05) is 0 Å². The van der Waals surface area contributed by atoms with Crippen molar-refractivity contribution in [3.63, 3.8) is 0 Å². The SMILES string of the molecule is Cc1cc(NC(=O)N(CCCCO)C2CC2)nn1-c1ccc(F)cc1. The Hall–Kier alpha value is -2.41. The molecule has 1 aromatic carbocycles. The van der Waals surface area contributed by atoms with E-state index in [1.807, 2.05) is 11.8 Å². The summed E-state index contributed by atoms with van der Waals surface area (Å²) in [6.07, 6.45) is 3.52. The molecule has 2 aromatic rings. The van der Waals surface area contributed by atoms with E-state index < -0.39 is 0 Å². The number of carbonyl (C=O) groups is 1. The second-order valence-electron chi connectivity index (χ2n) is 6.34. The second-order valence-corrected chi connectivity index (χ2v) is 6.34. The Morgan fingerprint density at radius 2 is 2.08 bits per heavy atom. The Bertz CT molecular complexity index is 725. The molecule has 2 N–H and O–H groups in total. The van der Waals surface area contributed by atoms with Gasteiger partial charge in [-0.15, -0.1) is 5.10 Å². The summed E-state index contributed by atoms with van der Waals surface area (Å²) in [7, 11) is 0. The van der Waals surface area contributed by atoms with Crippen LogP contribution in [0.1, 0.15) is 31.4 Å². The van der Waals surface area contributed by atoms with E-state index in [2.05, 4.69) is 10.4 Å². The highest BCUT2D eigenvalue weighted by Gasteiger charge is 2.32. The maximum Gasteiger partial charge on any atom is 0.323 e. The first-order valence-electron chi connectivity index (χ1n) is 8.59. The maximum atomic E-state index is 13.1. The lowest BCUT2D eigenvalue weighted by atomic mass is 10.3. The number of hydrogen-bond donors (Lipinski definition) is 2. The van der Waals surface area contributed by atoms with Gasteiger partial charge in [-0.3, -0.25) is 5.32 Å². The number of hydrogen-bond acceptors (Lipinski definition) is 3. The zero-order chi connectivity index (χ0) is 17.8. The standard InChI is InChI=1S/C18H23FN4O2/c1-13-12-17(21-23(13)16-6-4-14(19)5-7-16)20-18(25)22(15-8-9-15)10-2-3-11-24/h4-7,12,15,24H,2-3,8-11H2,1H3,(H,20,21,25). The van der Waals surface area contributed by atoms with Gasteiger partial charge in [0.1, 0.15) is 5.82 Å². The van der Waals surface area contributed by atoms with Gasteiger partial charge in [0.05, 0.1) is 5.69 Å². The Balaban J connectivity index is 1.68. The molecule has 0 radical (unpaired) electrons.